The Balaban J connectivity index is 1.64. The first-order chi connectivity index (χ1) is 10.9. The van der Waals surface area contributed by atoms with E-state index in [9.17, 15) is 0 Å². The lowest BCUT2D eigenvalue weighted by molar-refractivity contribution is 0.321. The zero-order valence-corrected chi connectivity index (χ0v) is 12.0. The van der Waals surface area contributed by atoms with E-state index < -0.39 is 0 Å². The average molecular weight is 289 g/mol. The molecule has 0 atom stereocenters. The molecule has 0 saturated heterocycles. The molecule has 1 N–H and O–H groups in total. The first kappa shape index (κ1) is 12.8. The Morgan fingerprint density at radius 2 is 1.77 bits per heavy atom. The van der Waals surface area contributed by atoms with Crippen molar-refractivity contribution in [3.8, 4) is 5.75 Å². The van der Waals surface area contributed by atoms with Crippen LogP contribution in [-0.4, -0.2) is 21.6 Å². The van der Waals surface area contributed by atoms with Crippen LogP contribution < -0.4 is 4.74 Å². The van der Waals surface area contributed by atoms with Crippen molar-refractivity contribution in [2.45, 2.75) is 6.42 Å². The zero-order valence-electron chi connectivity index (χ0n) is 12.0. The number of nitrogens with one attached hydrogen (secondary N) is 1. The quantitative estimate of drug-likeness (QED) is 0.622. The lowest BCUT2D eigenvalue weighted by atomic mass is 10.1. The summed E-state index contributed by atoms with van der Waals surface area (Å²) in [6.45, 7) is 0.581. The van der Waals surface area contributed by atoms with Crippen LogP contribution in [0.4, 0.5) is 0 Å². The number of aromatic nitrogens is 3. The molecule has 0 fully saturated rings. The summed E-state index contributed by atoms with van der Waals surface area (Å²) in [6, 6.07) is 17.9. The molecule has 4 heteroatoms. The van der Waals surface area contributed by atoms with Gasteiger partial charge in [0.1, 0.15) is 11.3 Å². The molecule has 0 aliphatic rings. The summed E-state index contributed by atoms with van der Waals surface area (Å²) in [4.78, 5) is 12.4. The second kappa shape index (κ2) is 5.48. The van der Waals surface area contributed by atoms with E-state index in [1.807, 2.05) is 48.5 Å². The lowest BCUT2D eigenvalue weighted by Crippen LogP contribution is -2.04. The molecule has 4 nitrogen and oxygen atoms in total. The van der Waals surface area contributed by atoms with Gasteiger partial charge in [0.25, 0.3) is 0 Å². The monoisotopic (exact) mass is 289 g/mol. The van der Waals surface area contributed by atoms with Gasteiger partial charge in [0, 0.05) is 11.8 Å². The zero-order chi connectivity index (χ0) is 14.8. The number of imidazole rings is 1. The summed E-state index contributed by atoms with van der Waals surface area (Å²) in [5, 5.41) is 1.10. The molecule has 0 saturated carbocycles. The lowest BCUT2D eigenvalue weighted by Gasteiger charge is -2.07. The number of pyridine rings is 1. The predicted molar refractivity (Wildman–Crippen MR) is 87.0 cm³/mol. The number of para-hydroxylation sites is 2. The van der Waals surface area contributed by atoms with E-state index in [2.05, 4.69) is 16.0 Å². The highest BCUT2D eigenvalue weighted by Crippen LogP contribution is 2.23. The Labute approximate surface area is 127 Å². The number of rotatable bonds is 4. The van der Waals surface area contributed by atoms with Gasteiger partial charge < -0.3 is 9.72 Å². The molecule has 0 amide bonds. The minimum atomic E-state index is 0.581. The molecule has 0 unspecified atom stereocenters. The van der Waals surface area contributed by atoms with Crippen LogP contribution in [0, 0.1) is 0 Å². The Morgan fingerprint density at radius 1 is 0.955 bits per heavy atom. The van der Waals surface area contributed by atoms with Gasteiger partial charge in [-0.3, -0.25) is 4.98 Å². The van der Waals surface area contributed by atoms with Gasteiger partial charge in [-0.1, -0.05) is 36.4 Å². The van der Waals surface area contributed by atoms with Gasteiger partial charge in [0.2, 0.25) is 0 Å². The van der Waals surface area contributed by atoms with Crippen molar-refractivity contribution in [2.75, 3.05) is 6.61 Å². The molecule has 4 aromatic rings. The molecule has 0 radical (unpaired) electrons. The van der Waals surface area contributed by atoms with Crippen LogP contribution in [0.3, 0.4) is 0 Å². The van der Waals surface area contributed by atoms with Crippen molar-refractivity contribution in [3.05, 3.63) is 66.6 Å². The number of nitrogens with zero attached hydrogens (tertiary/aromatic N) is 2. The Hall–Kier alpha value is -2.88. The van der Waals surface area contributed by atoms with Crippen LogP contribution in [0.5, 0.6) is 5.75 Å². The fourth-order valence-electron chi connectivity index (χ4n) is 2.66. The van der Waals surface area contributed by atoms with Crippen molar-refractivity contribution in [1.29, 1.82) is 0 Å². The molecule has 108 valence electrons. The molecule has 22 heavy (non-hydrogen) atoms. The molecule has 0 aliphatic carbocycles. The number of aromatic amines is 1. The third kappa shape index (κ3) is 2.29. The summed E-state index contributed by atoms with van der Waals surface area (Å²) < 4.78 is 5.77. The van der Waals surface area contributed by atoms with Gasteiger partial charge in [0.05, 0.1) is 29.7 Å². The third-order valence-corrected chi connectivity index (χ3v) is 3.69. The Kier molecular flexibility index (Phi) is 3.20. The molecule has 2 aromatic heterocycles. The average Bonchev–Trinajstić information content (AvgIpc) is 3.06. The summed E-state index contributed by atoms with van der Waals surface area (Å²) in [6.07, 6.45) is 2.45. The van der Waals surface area contributed by atoms with Crippen molar-refractivity contribution in [2.24, 2.45) is 0 Å². The smallest absolute Gasteiger partial charge is 0.119 e. The number of ether oxygens (including phenoxy) is 1. The molecule has 0 bridgehead atoms. The van der Waals surface area contributed by atoms with Crippen LogP contribution in [0.25, 0.3) is 21.9 Å². The molecule has 4 rings (SSSR count). The molecule has 0 spiro atoms. The highest BCUT2D eigenvalue weighted by atomic mass is 16.5. The summed E-state index contributed by atoms with van der Waals surface area (Å²) >= 11 is 0. The first-order valence-corrected chi connectivity index (χ1v) is 7.30. The topological polar surface area (TPSA) is 50.8 Å². The fourth-order valence-corrected chi connectivity index (χ4v) is 2.66. The number of fused-ring (bicyclic) bond motifs is 3. The van der Waals surface area contributed by atoms with Crippen LogP contribution in [0.15, 0.2) is 60.9 Å². The number of hydrogen-bond acceptors (Lipinski definition) is 3. The largest absolute Gasteiger partial charge is 0.493 e. The maximum absolute atomic E-state index is 5.77. The minimum absolute atomic E-state index is 0.581. The standard InChI is InChI=1S/C18H15N3O/c1-2-6-13(7-3-1)22-11-10-16-18-17(19-12-20-18)14-8-4-5-9-15(14)21-16/h1-9,12H,10-11H2,(H,19,20). The van der Waals surface area contributed by atoms with Gasteiger partial charge in [0.15, 0.2) is 0 Å². The van der Waals surface area contributed by atoms with Crippen molar-refractivity contribution >= 4 is 21.9 Å². The third-order valence-electron chi connectivity index (χ3n) is 3.69. The van der Waals surface area contributed by atoms with E-state index in [1.54, 1.807) is 6.33 Å². The van der Waals surface area contributed by atoms with Crippen molar-refractivity contribution < 1.29 is 4.74 Å². The van der Waals surface area contributed by atoms with Gasteiger partial charge in [-0.2, -0.15) is 0 Å². The summed E-state index contributed by atoms with van der Waals surface area (Å²) in [5.74, 6) is 0.876. The molecule has 2 heterocycles. The summed E-state index contributed by atoms with van der Waals surface area (Å²) in [7, 11) is 0. The van der Waals surface area contributed by atoms with Gasteiger partial charge in [-0.05, 0) is 18.2 Å². The van der Waals surface area contributed by atoms with Crippen molar-refractivity contribution in [1.82, 2.24) is 15.0 Å². The van der Waals surface area contributed by atoms with Crippen LogP contribution in [0.2, 0.25) is 0 Å². The van der Waals surface area contributed by atoms with Gasteiger partial charge in [-0.25, -0.2) is 4.98 Å². The van der Waals surface area contributed by atoms with Crippen LogP contribution in [0.1, 0.15) is 5.69 Å². The second-order valence-corrected chi connectivity index (χ2v) is 5.11. The van der Waals surface area contributed by atoms with E-state index in [4.69, 9.17) is 9.72 Å². The first-order valence-electron chi connectivity index (χ1n) is 7.30. The highest BCUT2D eigenvalue weighted by Gasteiger charge is 2.10. The molecular formula is C18H15N3O. The van der Waals surface area contributed by atoms with Crippen LogP contribution in [-0.2, 0) is 6.42 Å². The van der Waals surface area contributed by atoms with Gasteiger partial charge >= 0.3 is 0 Å². The normalized spacial score (nSPS) is 11.1. The predicted octanol–water partition coefficient (Wildman–Crippen LogP) is 3.73. The van der Waals surface area contributed by atoms with E-state index in [0.717, 1.165) is 39.8 Å². The molecular weight excluding hydrogens is 274 g/mol. The second-order valence-electron chi connectivity index (χ2n) is 5.11. The highest BCUT2D eigenvalue weighted by molar-refractivity contribution is 6.02. The maximum Gasteiger partial charge on any atom is 0.119 e. The minimum Gasteiger partial charge on any atom is -0.493 e. The summed E-state index contributed by atoms with van der Waals surface area (Å²) in [5.41, 5.74) is 3.91. The number of hydrogen-bond donors (Lipinski definition) is 1. The van der Waals surface area contributed by atoms with Gasteiger partial charge in [-0.15, -0.1) is 0 Å². The van der Waals surface area contributed by atoms with E-state index in [0.29, 0.717) is 6.61 Å². The van der Waals surface area contributed by atoms with E-state index >= 15 is 0 Å². The van der Waals surface area contributed by atoms with E-state index in [1.165, 1.54) is 0 Å². The number of benzene rings is 2. The fraction of sp³-hybridized carbons (Fsp3) is 0.111. The van der Waals surface area contributed by atoms with E-state index in [-0.39, 0.29) is 0 Å². The maximum atomic E-state index is 5.77. The molecule has 2 aromatic carbocycles. The van der Waals surface area contributed by atoms with Crippen molar-refractivity contribution in [3.63, 3.8) is 0 Å². The SMILES string of the molecule is c1ccc(OCCc2nc3ccccc3c3[nH]cnc23)cc1. The Morgan fingerprint density at radius 3 is 2.68 bits per heavy atom. The van der Waals surface area contributed by atoms with Crippen LogP contribution >= 0.6 is 0 Å². The number of H-pyrrole nitrogens is 1. The molecule has 0 aliphatic heterocycles. The Bertz CT molecular complexity index is 915.